The van der Waals surface area contributed by atoms with Gasteiger partial charge in [-0.3, -0.25) is 4.79 Å². The maximum absolute atomic E-state index is 12.4. The van der Waals surface area contributed by atoms with E-state index in [1.165, 1.54) is 18.2 Å². The van der Waals surface area contributed by atoms with Crippen LogP contribution in [0.5, 0.6) is 0 Å². The highest BCUT2D eigenvalue weighted by atomic mass is 79.9. The van der Waals surface area contributed by atoms with Crippen LogP contribution in [0.25, 0.3) is 0 Å². The number of hydrogen-bond acceptors (Lipinski definition) is 4. The Balaban J connectivity index is 2.25. The van der Waals surface area contributed by atoms with Crippen molar-refractivity contribution in [1.29, 1.82) is 5.26 Å². The molecule has 0 aliphatic carbocycles. The predicted octanol–water partition coefficient (Wildman–Crippen LogP) is 3.24. The summed E-state index contributed by atoms with van der Waals surface area (Å²) in [6.07, 6.45) is 0. The monoisotopic (exact) mass is 406 g/mol. The Morgan fingerprint density at radius 2 is 1.83 bits per heavy atom. The summed E-state index contributed by atoms with van der Waals surface area (Å²) in [5.41, 5.74) is 1.96. The lowest BCUT2D eigenvalue weighted by Gasteiger charge is -2.13. The lowest BCUT2D eigenvalue weighted by Crippen LogP contribution is -2.33. The quantitative estimate of drug-likeness (QED) is 0.843. The maximum atomic E-state index is 12.4. The molecule has 1 N–H and O–H groups in total. The van der Waals surface area contributed by atoms with Crippen LogP contribution in [0, 0.1) is 18.3 Å². The first-order chi connectivity index (χ1) is 11.2. The van der Waals surface area contributed by atoms with Crippen molar-refractivity contribution in [2.45, 2.75) is 24.7 Å². The van der Waals surface area contributed by atoms with E-state index in [9.17, 15) is 13.2 Å². The van der Waals surface area contributed by atoms with Gasteiger partial charge < -0.3 is 0 Å². The summed E-state index contributed by atoms with van der Waals surface area (Å²) in [6.45, 7) is 3.57. The molecule has 124 valence electrons. The van der Waals surface area contributed by atoms with Crippen LogP contribution in [0.4, 0.5) is 0 Å². The van der Waals surface area contributed by atoms with Crippen LogP contribution in [-0.4, -0.2) is 14.3 Å². The first-order valence-corrected chi connectivity index (χ1v) is 9.34. The normalized spacial score (nSPS) is 12.2. The number of rotatable bonds is 4. The lowest BCUT2D eigenvalue weighted by molar-refractivity contribution is -0.120. The van der Waals surface area contributed by atoms with Gasteiger partial charge in [0.25, 0.3) is 10.0 Å². The van der Waals surface area contributed by atoms with Crippen LogP contribution in [0.1, 0.15) is 29.5 Å². The first kappa shape index (κ1) is 18.2. The molecule has 2 aromatic rings. The van der Waals surface area contributed by atoms with Crippen molar-refractivity contribution in [3.8, 4) is 6.07 Å². The Bertz CT molecular complexity index is 916. The van der Waals surface area contributed by atoms with Crippen LogP contribution < -0.4 is 4.72 Å². The van der Waals surface area contributed by atoms with Crippen molar-refractivity contribution >= 4 is 31.9 Å². The van der Waals surface area contributed by atoms with Gasteiger partial charge in [-0.15, -0.1) is 0 Å². The van der Waals surface area contributed by atoms with Crippen molar-refractivity contribution in [3.63, 3.8) is 0 Å². The van der Waals surface area contributed by atoms with Gasteiger partial charge in [0.05, 0.1) is 22.4 Å². The van der Waals surface area contributed by atoms with Gasteiger partial charge in [-0.2, -0.15) is 5.26 Å². The zero-order valence-electron chi connectivity index (χ0n) is 13.1. The molecule has 0 saturated carbocycles. The minimum atomic E-state index is -4.06. The number of hydrogen-bond donors (Lipinski definition) is 1. The van der Waals surface area contributed by atoms with Gasteiger partial charge in [0.15, 0.2) is 0 Å². The highest BCUT2D eigenvalue weighted by Gasteiger charge is 2.23. The topological polar surface area (TPSA) is 87.0 Å². The Labute approximate surface area is 149 Å². The molecule has 0 spiro atoms. The van der Waals surface area contributed by atoms with Gasteiger partial charge >= 0.3 is 0 Å². The fraction of sp³-hybridized carbons (Fsp3) is 0.176. The van der Waals surface area contributed by atoms with Crippen LogP contribution in [-0.2, 0) is 14.8 Å². The number of aryl methyl sites for hydroxylation is 1. The molecular weight excluding hydrogens is 392 g/mol. The third kappa shape index (κ3) is 4.22. The molecule has 0 saturated heterocycles. The highest BCUT2D eigenvalue weighted by Crippen LogP contribution is 2.21. The van der Waals surface area contributed by atoms with Gasteiger partial charge in [-0.1, -0.05) is 45.8 Å². The summed E-state index contributed by atoms with van der Waals surface area (Å²) in [5.74, 6) is -1.25. The van der Waals surface area contributed by atoms with Crippen molar-refractivity contribution in [2.75, 3.05) is 0 Å². The third-order valence-electron chi connectivity index (χ3n) is 3.52. The van der Waals surface area contributed by atoms with Gasteiger partial charge in [0.2, 0.25) is 5.91 Å². The van der Waals surface area contributed by atoms with E-state index in [4.69, 9.17) is 5.26 Å². The van der Waals surface area contributed by atoms with Crippen LogP contribution in [0.2, 0.25) is 0 Å². The molecule has 0 fully saturated rings. The maximum Gasteiger partial charge on any atom is 0.264 e. The van der Waals surface area contributed by atoms with Gasteiger partial charge in [0.1, 0.15) is 0 Å². The summed E-state index contributed by atoms with van der Waals surface area (Å²) in [6, 6.07) is 13.2. The van der Waals surface area contributed by atoms with Crippen molar-refractivity contribution in [3.05, 3.63) is 63.6 Å². The fourth-order valence-electron chi connectivity index (χ4n) is 2.07. The number of carbonyl (C=O) groups is 1. The average Bonchev–Trinajstić information content (AvgIpc) is 2.53. The summed E-state index contributed by atoms with van der Waals surface area (Å²) >= 11 is 3.16. The van der Waals surface area contributed by atoms with Crippen molar-refractivity contribution in [2.24, 2.45) is 0 Å². The average molecular weight is 407 g/mol. The lowest BCUT2D eigenvalue weighted by atomic mass is 10.00. The van der Waals surface area contributed by atoms with E-state index in [0.717, 1.165) is 11.1 Å². The third-order valence-corrected chi connectivity index (χ3v) is 5.30. The SMILES string of the molecule is Cc1ccc(C(C)C(=O)NS(=O)(=O)c2cc(Br)cc(C#N)c2)cc1. The number of halogens is 1. The standard InChI is InChI=1S/C17H15BrN2O3S/c1-11-3-5-14(6-4-11)12(2)17(21)20-24(22,23)16-8-13(10-19)7-15(18)9-16/h3-9,12H,1-2H3,(H,20,21). The van der Waals surface area contributed by atoms with E-state index in [-0.39, 0.29) is 10.5 Å². The van der Waals surface area contributed by atoms with Gasteiger partial charge in [-0.25, -0.2) is 13.1 Å². The Kier molecular flexibility index (Phi) is 5.42. The zero-order valence-corrected chi connectivity index (χ0v) is 15.5. The molecule has 5 nitrogen and oxygen atoms in total. The number of carbonyl (C=O) groups excluding carboxylic acids is 1. The van der Waals surface area contributed by atoms with E-state index in [1.807, 2.05) is 25.1 Å². The number of nitrogens with one attached hydrogen (secondary N) is 1. The molecule has 0 aliphatic rings. The molecule has 0 bridgehead atoms. The number of nitriles is 1. The molecule has 0 aliphatic heterocycles. The van der Waals surface area contributed by atoms with E-state index >= 15 is 0 Å². The Hall–Kier alpha value is -2.17. The highest BCUT2D eigenvalue weighted by molar-refractivity contribution is 9.10. The van der Waals surface area contributed by atoms with E-state index in [1.54, 1.807) is 19.1 Å². The van der Waals surface area contributed by atoms with Gasteiger partial charge in [-0.05, 0) is 37.6 Å². The van der Waals surface area contributed by atoms with E-state index < -0.39 is 21.8 Å². The van der Waals surface area contributed by atoms with E-state index in [0.29, 0.717) is 4.47 Å². The second kappa shape index (κ2) is 7.16. The summed E-state index contributed by atoms with van der Waals surface area (Å²) in [4.78, 5) is 12.1. The molecule has 2 rings (SSSR count). The molecule has 2 aromatic carbocycles. The molecule has 1 unspecified atom stereocenters. The molecular formula is C17H15BrN2O3S. The second-order valence-corrected chi connectivity index (χ2v) is 7.99. The van der Waals surface area contributed by atoms with Crippen LogP contribution >= 0.6 is 15.9 Å². The molecule has 7 heteroatoms. The zero-order chi connectivity index (χ0) is 17.9. The number of amides is 1. The van der Waals surface area contributed by atoms with E-state index in [2.05, 4.69) is 20.7 Å². The molecule has 1 atom stereocenters. The van der Waals surface area contributed by atoms with Crippen LogP contribution in [0.3, 0.4) is 0 Å². The second-order valence-electron chi connectivity index (χ2n) is 5.39. The van der Waals surface area contributed by atoms with Crippen LogP contribution in [0.15, 0.2) is 51.8 Å². The smallest absolute Gasteiger partial charge is 0.264 e. The number of nitrogens with zero attached hydrogens (tertiary/aromatic N) is 1. The van der Waals surface area contributed by atoms with Gasteiger partial charge in [0, 0.05) is 4.47 Å². The Morgan fingerprint density at radius 1 is 1.21 bits per heavy atom. The summed E-state index contributed by atoms with van der Waals surface area (Å²) in [5, 5.41) is 8.94. The minimum Gasteiger partial charge on any atom is -0.273 e. The molecule has 24 heavy (non-hydrogen) atoms. The number of benzene rings is 2. The van der Waals surface area contributed by atoms with Crippen molar-refractivity contribution < 1.29 is 13.2 Å². The predicted molar refractivity (Wildman–Crippen MR) is 93.8 cm³/mol. The molecule has 0 radical (unpaired) electrons. The molecule has 0 aromatic heterocycles. The Morgan fingerprint density at radius 3 is 2.42 bits per heavy atom. The summed E-state index contributed by atoms with van der Waals surface area (Å²) in [7, 11) is -4.06. The fourth-order valence-corrected chi connectivity index (χ4v) is 3.84. The first-order valence-electron chi connectivity index (χ1n) is 7.07. The summed E-state index contributed by atoms with van der Waals surface area (Å²) < 4.78 is 27.3. The van der Waals surface area contributed by atoms with Crippen molar-refractivity contribution in [1.82, 2.24) is 4.72 Å². The number of sulfonamides is 1. The largest absolute Gasteiger partial charge is 0.273 e. The molecule has 0 heterocycles. The molecule has 1 amide bonds. The minimum absolute atomic E-state index is 0.141.